The van der Waals surface area contributed by atoms with E-state index in [0.29, 0.717) is 12.5 Å². The van der Waals surface area contributed by atoms with Crippen LogP contribution in [0.25, 0.3) is 0 Å². The lowest BCUT2D eigenvalue weighted by atomic mass is 10.3. The van der Waals surface area contributed by atoms with Crippen molar-refractivity contribution in [1.82, 2.24) is 9.97 Å². The van der Waals surface area contributed by atoms with Crippen LogP contribution in [0.3, 0.4) is 0 Å². The summed E-state index contributed by atoms with van der Waals surface area (Å²) in [6.45, 7) is 8.36. The molecule has 5 heteroatoms. The number of nitrogens with zero attached hydrogens (tertiary/aromatic N) is 2. The van der Waals surface area contributed by atoms with Crippen molar-refractivity contribution in [2.75, 3.05) is 25.1 Å². The van der Waals surface area contributed by atoms with Crippen molar-refractivity contribution in [1.29, 1.82) is 0 Å². The highest BCUT2D eigenvalue weighted by molar-refractivity contribution is 5.48. The van der Waals surface area contributed by atoms with Crippen LogP contribution in [-0.2, 0) is 11.2 Å². The van der Waals surface area contributed by atoms with E-state index in [0.717, 1.165) is 43.2 Å². The quantitative estimate of drug-likeness (QED) is 0.866. The van der Waals surface area contributed by atoms with E-state index in [2.05, 4.69) is 22.2 Å². The van der Waals surface area contributed by atoms with Crippen LogP contribution in [0.2, 0.25) is 0 Å². The van der Waals surface area contributed by atoms with E-state index in [-0.39, 0.29) is 6.10 Å². The summed E-state index contributed by atoms with van der Waals surface area (Å²) in [6.07, 6.45) is 1.86. The lowest BCUT2D eigenvalue weighted by Crippen LogP contribution is -2.18. The first-order chi connectivity index (χ1) is 8.74. The zero-order valence-corrected chi connectivity index (χ0v) is 11.3. The summed E-state index contributed by atoms with van der Waals surface area (Å²) < 4.78 is 11.2. The van der Waals surface area contributed by atoms with Gasteiger partial charge >= 0.3 is 0 Å². The summed E-state index contributed by atoms with van der Waals surface area (Å²) in [5, 5.41) is 3.25. The summed E-state index contributed by atoms with van der Waals surface area (Å²) in [5.41, 5.74) is 0.973. The molecule has 1 N–H and O–H groups in total. The highest BCUT2D eigenvalue weighted by atomic mass is 16.5. The molecule has 18 heavy (non-hydrogen) atoms. The van der Waals surface area contributed by atoms with E-state index in [4.69, 9.17) is 9.47 Å². The van der Waals surface area contributed by atoms with Gasteiger partial charge in [0.2, 0.25) is 5.88 Å². The predicted octanol–water partition coefficient (Wildman–Crippen LogP) is 1.95. The first-order valence-corrected chi connectivity index (χ1v) is 6.60. The van der Waals surface area contributed by atoms with Crippen molar-refractivity contribution < 1.29 is 9.47 Å². The maximum Gasteiger partial charge on any atom is 0.222 e. The summed E-state index contributed by atoms with van der Waals surface area (Å²) in [6, 6.07) is 0. The Kier molecular flexibility index (Phi) is 4.36. The largest absolute Gasteiger partial charge is 0.471 e. The third kappa shape index (κ3) is 2.90. The third-order valence-electron chi connectivity index (χ3n) is 2.97. The topological polar surface area (TPSA) is 56.3 Å². The Balaban J connectivity index is 2.23. The van der Waals surface area contributed by atoms with Crippen molar-refractivity contribution >= 4 is 5.82 Å². The van der Waals surface area contributed by atoms with Crippen molar-refractivity contribution in [3.63, 3.8) is 0 Å². The van der Waals surface area contributed by atoms with Crippen molar-refractivity contribution in [2.45, 2.75) is 39.7 Å². The summed E-state index contributed by atoms with van der Waals surface area (Å²) >= 11 is 0. The molecule has 0 amide bonds. The molecule has 0 bridgehead atoms. The summed E-state index contributed by atoms with van der Waals surface area (Å²) in [4.78, 5) is 8.95. The van der Waals surface area contributed by atoms with Crippen LogP contribution in [0.5, 0.6) is 5.88 Å². The van der Waals surface area contributed by atoms with Crippen LogP contribution >= 0.6 is 0 Å². The van der Waals surface area contributed by atoms with Crippen LogP contribution in [-0.4, -0.2) is 35.8 Å². The molecule has 0 aromatic carbocycles. The number of ether oxygens (including phenoxy) is 2. The number of hydrogen-bond acceptors (Lipinski definition) is 5. The second-order valence-corrected chi connectivity index (χ2v) is 4.41. The summed E-state index contributed by atoms with van der Waals surface area (Å²) in [7, 11) is 0. The summed E-state index contributed by atoms with van der Waals surface area (Å²) in [5.74, 6) is 2.37. The van der Waals surface area contributed by atoms with Gasteiger partial charge in [0.15, 0.2) is 0 Å². The molecule has 0 radical (unpaired) electrons. The fourth-order valence-electron chi connectivity index (χ4n) is 1.92. The molecule has 2 heterocycles. The second-order valence-electron chi connectivity index (χ2n) is 4.41. The standard InChI is InChI=1S/C13H21N3O2/c1-4-11-15-12(14-5-2)9(3)13(16-11)18-10-6-7-17-8-10/h10H,4-8H2,1-3H3,(H,14,15,16). The van der Waals surface area contributed by atoms with Crippen molar-refractivity contribution in [2.24, 2.45) is 0 Å². The number of anilines is 1. The Bertz CT molecular complexity index is 403. The van der Waals surface area contributed by atoms with Gasteiger partial charge in [0.25, 0.3) is 0 Å². The molecule has 2 rings (SSSR count). The molecule has 0 aliphatic carbocycles. The zero-order valence-electron chi connectivity index (χ0n) is 11.3. The SMILES string of the molecule is CCNc1nc(CC)nc(OC2CCOC2)c1C. The molecular formula is C13H21N3O2. The Labute approximate surface area is 108 Å². The van der Waals surface area contributed by atoms with E-state index in [1.165, 1.54) is 0 Å². The number of nitrogens with one attached hydrogen (secondary N) is 1. The minimum Gasteiger partial charge on any atom is -0.471 e. The lowest BCUT2D eigenvalue weighted by Gasteiger charge is -2.16. The van der Waals surface area contributed by atoms with Gasteiger partial charge in [0, 0.05) is 19.4 Å². The molecule has 1 fully saturated rings. The van der Waals surface area contributed by atoms with E-state index >= 15 is 0 Å². The first kappa shape index (κ1) is 13.1. The minimum atomic E-state index is 0.123. The molecular weight excluding hydrogens is 230 g/mol. The predicted molar refractivity (Wildman–Crippen MR) is 70.2 cm³/mol. The van der Waals surface area contributed by atoms with Gasteiger partial charge < -0.3 is 14.8 Å². The second kappa shape index (κ2) is 6.00. The van der Waals surface area contributed by atoms with Crippen LogP contribution in [0.4, 0.5) is 5.82 Å². The van der Waals surface area contributed by atoms with Gasteiger partial charge in [-0.2, -0.15) is 4.98 Å². The fourth-order valence-corrected chi connectivity index (χ4v) is 1.92. The zero-order chi connectivity index (χ0) is 13.0. The van der Waals surface area contributed by atoms with Gasteiger partial charge in [0.05, 0.1) is 18.8 Å². The normalized spacial score (nSPS) is 18.9. The molecule has 5 nitrogen and oxygen atoms in total. The van der Waals surface area contributed by atoms with E-state index in [9.17, 15) is 0 Å². The van der Waals surface area contributed by atoms with Gasteiger partial charge in [-0.25, -0.2) is 4.98 Å². The van der Waals surface area contributed by atoms with E-state index in [1.54, 1.807) is 0 Å². The van der Waals surface area contributed by atoms with Crippen LogP contribution in [0.15, 0.2) is 0 Å². The molecule has 1 aromatic heterocycles. The molecule has 1 aliphatic heterocycles. The van der Waals surface area contributed by atoms with Crippen LogP contribution in [0, 0.1) is 6.92 Å². The molecule has 0 saturated carbocycles. The van der Waals surface area contributed by atoms with Gasteiger partial charge in [0.1, 0.15) is 17.7 Å². The average molecular weight is 251 g/mol. The smallest absolute Gasteiger partial charge is 0.222 e. The molecule has 100 valence electrons. The third-order valence-corrected chi connectivity index (χ3v) is 2.97. The molecule has 1 saturated heterocycles. The monoisotopic (exact) mass is 251 g/mol. The number of hydrogen-bond donors (Lipinski definition) is 1. The first-order valence-electron chi connectivity index (χ1n) is 6.60. The van der Waals surface area contributed by atoms with Gasteiger partial charge in [-0.15, -0.1) is 0 Å². The number of rotatable bonds is 5. The fraction of sp³-hybridized carbons (Fsp3) is 0.692. The Morgan fingerprint density at radius 3 is 2.83 bits per heavy atom. The Morgan fingerprint density at radius 1 is 1.39 bits per heavy atom. The highest BCUT2D eigenvalue weighted by Gasteiger charge is 2.20. The average Bonchev–Trinajstić information content (AvgIpc) is 2.87. The Morgan fingerprint density at radius 2 is 2.22 bits per heavy atom. The number of aromatic nitrogens is 2. The lowest BCUT2D eigenvalue weighted by molar-refractivity contribution is 0.137. The van der Waals surface area contributed by atoms with Crippen LogP contribution < -0.4 is 10.1 Å². The minimum absolute atomic E-state index is 0.123. The van der Waals surface area contributed by atoms with Gasteiger partial charge in [-0.3, -0.25) is 0 Å². The van der Waals surface area contributed by atoms with Crippen molar-refractivity contribution in [3.05, 3.63) is 11.4 Å². The maximum absolute atomic E-state index is 5.92. The van der Waals surface area contributed by atoms with Crippen molar-refractivity contribution in [3.8, 4) is 5.88 Å². The highest BCUT2D eigenvalue weighted by Crippen LogP contribution is 2.24. The molecule has 0 spiro atoms. The van der Waals surface area contributed by atoms with Crippen LogP contribution in [0.1, 0.15) is 31.7 Å². The van der Waals surface area contributed by atoms with E-state index in [1.807, 2.05) is 13.8 Å². The van der Waals surface area contributed by atoms with Gasteiger partial charge in [-0.1, -0.05) is 6.92 Å². The molecule has 1 aliphatic rings. The molecule has 1 unspecified atom stereocenters. The Hall–Kier alpha value is -1.36. The maximum atomic E-state index is 5.92. The van der Waals surface area contributed by atoms with E-state index < -0.39 is 0 Å². The molecule has 1 atom stereocenters. The molecule has 1 aromatic rings. The van der Waals surface area contributed by atoms with Gasteiger partial charge in [-0.05, 0) is 13.8 Å². The number of aryl methyl sites for hydroxylation is 1.